The van der Waals surface area contributed by atoms with Crippen LogP contribution >= 0.6 is 0 Å². The molecule has 0 bridgehead atoms. The fraction of sp³-hybridized carbons (Fsp3) is 0.280. The molecule has 0 saturated heterocycles. The first kappa shape index (κ1) is 20.0. The maximum Gasteiger partial charge on any atom is 0.205 e. The zero-order valence-electron chi connectivity index (χ0n) is 17.9. The van der Waals surface area contributed by atoms with E-state index >= 15 is 0 Å². The molecule has 5 heteroatoms. The Morgan fingerprint density at radius 1 is 1.27 bits per heavy atom. The SMILES string of the molecule is CC(C)=CCc1c2c(c3occ(-c4ccc(C)cn4)c(=O)c3c1O)C=CC(C)(C)O2. The molecule has 3 aromatic rings. The van der Waals surface area contributed by atoms with Crippen molar-refractivity contribution in [3.8, 4) is 22.8 Å². The lowest BCUT2D eigenvalue weighted by Gasteiger charge is -2.30. The van der Waals surface area contributed by atoms with Gasteiger partial charge in [-0.3, -0.25) is 9.78 Å². The topological polar surface area (TPSA) is 72.6 Å². The maximum absolute atomic E-state index is 13.4. The van der Waals surface area contributed by atoms with Crippen molar-refractivity contribution in [3.63, 3.8) is 0 Å². The molecular formula is C25H25NO4. The molecule has 1 aromatic carbocycles. The van der Waals surface area contributed by atoms with Gasteiger partial charge in [0.25, 0.3) is 0 Å². The molecule has 0 atom stereocenters. The van der Waals surface area contributed by atoms with E-state index < -0.39 is 5.60 Å². The second-order valence-electron chi connectivity index (χ2n) is 8.50. The molecule has 1 aliphatic heterocycles. The maximum atomic E-state index is 13.4. The molecule has 0 unspecified atom stereocenters. The zero-order valence-corrected chi connectivity index (χ0v) is 17.9. The number of aryl methyl sites for hydroxylation is 1. The van der Waals surface area contributed by atoms with Crippen molar-refractivity contribution in [2.24, 2.45) is 0 Å². The molecule has 154 valence electrons. The van der Waals surface area contributed by atoms with Crippen LogP contribution in [0.4, 0.5) is 0 Å². The summed E-state index contributed by atoms with van der Waals surface area (Å²) in [5.74, 6) is 0.449. The highest BCUT2D eigenvalue weighted by Gasteiger charge is 2.30. The van der Waals surface area contributed by atoms with Crippen molar-refractivity contribution >= 4 is 17.0 Å². The molecule has 0 radical (unpaired) electrons. The Morgan fingerprint density at radius 3 is 2.70 bits per heavy atom. The number of phenolic OH excluding ortho intramolecular Hbond substituents is 1. The Balaban J connectivity index is 2.04. The third-order valence-electron chi connectivity index (χ3n) is 5.20. The van der Waals surface area contributed by atoms with Crippen LogP contribution in [0.15, 0.2) is 51.5 Å². The van der Waals surface area contributed by atoms with Crippen molar-refractivity contribution in [2.75, 3.05) is 0 Å². The number of fused-ring (bicyclic) bond motifs is 3. The summed E-state index contributed by atoms with van der Waals surface area (Å²) in [5.41, 5.74) is 3.64. The number of allylic oxidation sites excluding steroid dienone is 2. The highest BCUT2D eigenvalue weighted by Crippen LogP contribution is 2.44. The van der Waals surface area contributed by atoms with Gasteiger partial charge in [0.2, 0.25) is 5.43 Å². The van der Waals surface area contributed by atoms with E-state index in [4.69, 9.17) is 9.15 Å². The molecule has 30 heavy (non-hydrogen) atoms. The molecule has 0 fully saturated rings. The Hall–Kier alpha value is -3.34. The Kier molecular flexibility index (Phi) is 4.77. The molecule has 3 heterocycles. The lowest BCUT2D eigenvalue weighted by molar-refractivity contribution is 0.157. The summed E-state index contributed by atoms with van der Waals surface area (Å²) in [6.07, 6.45) is 9.38. The van der Waals surface area contributed by atoms with Crippen LogP contribution in [0.5, 0.6) is 11.5 Å². The molecule has 0 amide bonds. The molecule has 5 nitrogen and oxygen atoms in total. The Morgan fingerprint density at radius 2 is 2.03 bits per heavy atom. The normalized spacial score (nSPS) is 14.3. The Bertz CT molecular complexity index is 1260. The summed E-state index contributed by atoms with van der Waals surface area (Å²) in [7, 11) is 0. The third-order valence-corrected chi connectivity index (χ3v) is 5.20. The van der Waals surface area contributed by atoms with Crippen molar-refractivity contribution in [1.29, 1.82) is 0 Å². The first-order chi connectivity index (χ1) is 14.2. The number of rotatable bonds is 3. The summed E-state index contributed by atoms with van der Waals surface area (Å²) in [4.78, 5) is 17.7. The van der Waals surface area contributed by atoms with Crippen LogP contribution in [0.1, 0.15) is 44.4 Å². The molecule has 2 aromatic heterocycles. The van der Waals surface area contributed by atoms with Crippen molar-refractivity contribution < 1.29 is 14.3 Å². The van der Waals surface area contributed by atoms with Crippen LogP contribution in [0.3, 0.4) is 0 Å². The minimum Gasteiger partial charge on any atom is -0.507 e. The number of hydrogen-bond donors (Lipinski definition) is 1. The number of pyridine rings is 1. The average molecular weight is 403 g/mol. The lowest BCUT2D eigenvalue weighted by atomic mass is 9.94. The lowest BCUT2D eigenvalue weighted by Crippen LogP contribution is -2.28. The van der Waals surface area contributed by atoms with E-state index in [1.165, 1.54) is 6.26 Å². The van der Waals surface area contributed by atoms with Crippen LogP contribution in [0, 0.1) is 6.92 Å². The summed E-state index contributed by atoms with van der Waals surface area (Å²) in [6, 6.07) is 3.66. The van der Waals surface area contributed by atoms with Gasteiger partial charge >= 0.3 is 0 Å². The fourth-order valence-electron chi connectivity index (χ4n) is 3.55. The van der Waals surface area contributed by atoms with Crippen molar-refractivity contribution in [1.82, 2.24) is 4.98 Å². The Labute approximate surface area is 175 Å². The van der Waals surface area contributed by atoms with Crippen molar-refractivity contribution in [2.45, 2.75) is 46.6 Å². The molecule has 0 saturated carbocycles. The van der Waals surface area contributed by atoms with Gasteiger partial charge in [-0.2, -0.15) is 0 Å². The van der Waals surface area contributed by atoms with E-state index in [1.54, 1.807) is 12.3 Å². The molecular weight excluding hydrogens is 378 g/mol. The predicted molar refractivity (Wildman–Crippen MR) is 119 cm³/mol. The van der Waals surface area contributed by atoms with Crippen LogP contribution in [-0.4, -0.2) is 15.7 Å². The van der Waals surface area contributed by atoms with E-state index in [-0.39, 0.29) is 16.6 Å². The van der Waals surface area contributed by atoms with Gasteiger partial charge in [-0.05, 0) is 64.8 Å². The van der Waals surface area contributed by atoms with Gasteiger partial charge in [0.05, 0.1) is 16.8 Å². The highest BCUT2D eigenvalue weighted by molar-refractivity contribution is 5.97. The van der Waals surface area contributed by atoms with Gasteiger partial charge < -0.3 is 14.3 Å². The summed E-state index contributed by atoms with van der Waals surface area (Å²) < 4.78 is 12.1. The van der Waals surface area contributed by atoms with Crippen LogP contribution in [0.2, 0.25) is 0 Å². The van der Waals surface area contributed by atoms with Gasteiger partial charge in [-0.25, -0.2) is 0 Å². The molecule has 1 N–H and O–H groups in total. The van der Waals surface area contributed by atoms with Gasteiger partial charge in [0, 0.05) is 11.8 Å². The number of aromatic nitrogens is 1. The summed E-state index contributed by atoms with van der Waals surface area (Å²) in [5, 5.41) is 11.3. The van der Waals surface area contributed by atoms with E-state index in [2.05, 4.69) is 4.98 Å². The molecule has 4 rings (SSSR count). The molecule has 0 spiro atoms. The number of aromatic hydroxyl groups is 1. The van der Waals surface area contributed by atoms with Crippen molar-refractivity contribution in [3.05, 3.63) is 69.2 Å². The highest BCUT2D eigenvalue weighted by atomic mass is 16.5. The molecule has 0 aliphatic carbocycles. The second-order valence-corrected chi connectivity index (χ2v) is 8.50. The van der Waals surface area contributed by atoms with Gasteiger partial charge in [0.15, 0.2) is 5.58 Å². The second kappa shape index (κ2) is 7.17. The fourth-order valence-corrected chi connectivity index (χ4v) is 3.55. The zero-order chi connectivity index (χ0) is 21.6. The minimum absolute atomic E-state index is 0.102. The van der Waals surface area contributed by atoms with E-state index in [9.17, 15) is 9.90 Å². The van der Waals surface area contributed by atoms with E-state index in [0.29, 0.717) is 40.1 Å². The van der Waals surface area contributed by atoms with Crippen LogP contribution in [-0.2, 0) is 6.42 Å². The average Bonchev–Trinajstić information content (AvgIpc) is 2.67. The van der Waals surface area contributed by atoms with E-state index in [1.807, 2.05) is 58.9 Å². The number of ether oxygens (including phenoxy) is 1. The number of hydrogen-bond acceptors (Lipinski definition) is 5. The third kappa shape index (κ3) is 3.41. The summed E-state index contributed by atoms with van der Waals surface area (Å²) >= 11 is 0. The largest absolute Gasteiger partial charge is 0.507 e. The minimum atomic E-state index is -0.529. The first-order valence-corrected chi connectivity index (χ1v) is 9.96. The van der Waals surface area contributed by atoms with Crippen LogP contribution in [0.25, 0.3) is 28.3 Å². The number of benzene rings is 1. The first-order valence-electron chi connectivity index (χ1n) is 9.96. The van der Waals surface area contributed by atoms with Gasteiger partial charge in [-0.15, -0.1) is 0 Å². The van der Waals surface area contributed by atoms with Gasteiger partial charge in [-0.1, -0.05) is 17.7 Å². The quantitative estimate of drug-likeness (QED) is 0.580. The molecule has 1 aliphatic rings. The smallest absolute Gasteiger partial charge is 0.205 e. The van der Waals surface area contributed by atoms with Gasteiger partial charge in [0.1, 0.15) is 28.7 Å². The number of phenols is 1. The number of nitrogens with zero attached hydrogens (tertiary/aromatic N) is 1. The van der Waals surface area contributed by atoms with E-state index in [0.717, 1.165) is 11.1 Å². The van der Waals surface area contributed by atoms with Crippen LogP contribution < -0.4 is 10.2 Å². The summed E-state index contributed by atoms with van der Waals surface area (Å²) in [6.45, 7) is 9.80. The predicted octanol–water partition coefficient (Wildman–Crippen LogP) is 5.56. The standard InChI is InChI=1S/C25H25NO4/c1-14(2)6-8-16-21(27)20-22(28)18(19-9-7-15(3)12-26-19)13-29-24(20)17-10-11-25(4,5)30-23(16)17/h6-7,9-13,27H,8H2,1-5H3. The monoisotopic (exact) mass is 403 g/mol.